The second kappa shape index (κ2) is 5.49. The molecule has 0 spiro atoms. The number of aryl methyl sites for hydroxylation is 1. The predicted molar refractivity (Wildman–Crippen MR) is 80.3 cm³/mol. The quantitative estimate of drug-likeness (QED) is 0.768. The van der Waals surface area contributed by atoms with Gasteiger partial charge in [-0.15, -0.1) is 0 Å². The van der Waals surface area contributed by atoms with E-state index in [2.05, 4.69) is 10.00 Å². The molecule has 22 heavy (non-hydrogen) atoms. The summed E-state index contributed by atoms with van der Waals surface area (Å²) in [7, 11) is 3.62. The van der Waals surface area contributed by atoms with Gasteiger partial charge in [0, 0.05) is 33.2 Å². The zero-order valence-corrected chi connectivity index (χ0v) is 12.5. The van der Waals surface area contributed by atoms with E-state index in [1.807, 2.05) is 7.05 Å². The van der Waals surface area contributed by atoms with Crippen LogP contribution in [0.5, 0.6) is 0 Å². The van der Waals surface area contributed by atoms with Crippen LogP contribution in [0.4, 0.5) is 4.39 Å². The number of likely N-dealkylation sites (N-methyl/N-ethyl adjacent to an activating group) is 1. The number of benzene rings is 1. The van der Waals surface area contributed by atoms with Crippen molar-refractivity contribution in [2.45, 2.75) is 0 Å². The Hall–Kier alpha value is -2.28. The molecule has 0 saturated carbocycles. The number of nitrogens with zero attached hydrogens (tertiary/aromatic N) is 4. The van der Waals surface area contributed by atoms with E-state index >= 15 is 0 Å². The standard InChI is InChI=1S/C15H17FN4O2/c1-18-5-7-20(8-6-18)15(22)13-14(21)11-9-10(16)3-4-12(11)19(2)17-13/h3-4,9H,5-8H2,1-2H3. The molecule has 6 nitrogen and oxygen atoms in total. The number of fused-ring (bicyclic) bond motifs is 1. The van der Waals surface area contributed by atoms with Gasteiger partial charge in [-0.25, -0.2) is 4.39 Å². The Morgan fingerprint density at radius 3 is 2.55 bits per heavy atom. The maximum Gasteiger partial charge on any atom is 0.278 e. The first-order valence-electron chi connectivity index (χ1n) is 7.12. The number of hydrogen-bond donors (Lipinski definition) is 0. The van der Waals surface area contributed by atoms with Gasteiger partial charge in [-0.1, -0.05) is 0 Å². The highest BCUT2D eigenvalue weighted by atomic mass is 19.1. The Bertz CT molecular complexity index is 794. The summed E-state index contributed by atoms with van der Waals surface area (Å²) in [4.78, 5) is 28.8. The molecule has 2 aromatic rings. The third-order valence-electron chi connectivity index (χ3n) is 4.01. The van der Waals surface area contributed by atoms with Crippen LogP contribution >= 0.6 is 0 Å². The zero-order chi connectivity index (χ0) is 15.9. The average molecular weight is 304 g/mol. The Labute approximate surface area is 126 Å². The molecule has 0 bridgehead atoms. The van der Waals surface area contributed by atoms with E-state index in [9.17, 15) is 14.0 Å². The number of hydrogen-bond acceptors (Lipinski definition) is 4. The number of carbonyl (C=O) groups is 1. The number of piperazine rings is 1. The Balaban J connectivity index is 2.05. The van der Waals surface area contributed by atoms with Crippen molar-refractivity contribution in [2.75, 3.05) is 33.2 Å². The first-order valence-corrected chi connectivity index (χ1v) is 7.12. The van der Waals surface area contributed by atoms with Crippen molar-refractivity contribution >= 4 is 16.8 Å². The lowest BCUT2D eigenvalue weighted by molar-refractivity contribution is 0.0655. The highest BCUT2D eigenvalue weighted by Crippen LogP contribution is 2.12. The minimum absolute atomic E-state index is 0.148. The van der Waals surface area contributed by atoms with Crippen LogP contribution in [0.3, 0.4) is 0 Å². The van der Waals surface area contributed by atoms with Crippen molar-refractivity contribution in [1.29, 1.82) is 0 Å². The molecule has 1 aliphatic heterocycles. The van der Waals surface area contributed by atoms with Crippen molar-refractivity contribution in [3.05, 3.63) is 39.9 Å². The molecule has 0 unspecified atom stereocenters. The van der Waals surface area contributed by atoms with Gasteiger partial charge in [0.1, 0.15) is 5.82 Å². The van der Waals surface area contributed by atoms with Gasteiger partial charge in [-0.2, -0.15) is 5.10 Å². The molecular weight excluding hydrogens is 287 g/mol. The minimum atomic E-state index is -0.517. The number of carbonyl (C=O) groups excluding carboxylic acids is 1. The predicted octanol–water partition coefficient (Wildman–Crippen LogP) is 0.460. The lowest BCUT2D eigenvalue weighted by Gasteiger charge is -2.32. The first-order chi connectivity index (χ1) is 10.5. The van der Waals surface area contributed by atoms with Gasteiger partial charge in [0.2, 0.25) is 5.43 Å². The van der Waals surface area contributed by atoms with E-state index in [4.69, 9.17) is 0 Å². The molecule has 1 saturated heterocycles. The smallest absolute Gasteiger partial charge is 0.278 e. The molecule has 0 aliphatic carbocycles. The number of amides is 1. The Morgan fingerprint density at radius 1 is 1.18 bits per heavy atom. The minimum Gasteiger partial charge on any atom is -0.335 e. The van der Waals surface area contributed by atoms with Gasteiger partial charge in [-0.05, 0) is 25.2 Å². The molecule has 1 fully saturated rings. The van der Waals surface area contributed by atoms with Crippen LogP contribution < -0.4 is 5.43 Å². The van der Waals surface area contributed by atoms with Crippen molar-refractivity contribution in [3.63, 3.8) is 0 Å². The normalized spacial score (nSPS) is 16.2. The summed E-state index contributed by atoms with van der Waals surface area (Å²) < 4.78 is 14.9. The van der Waals surface area contributed by atoms with Gasteiger partial charge in [0.15, 0.2) is 5.69 Å². The number of aromatic nitrogens is 2. The molecule has 0 atom stereocenters. The molecule has 1 amide bonds. The monoisotopic (exact) mass is 304 g/mol. The van der Waals surface area contributed by atoms with Crippen molar-refractivity contribution in [1.82, 2.24) is 19.6 Å². The SMILES string of the molecule is CN1CCN(C(=O)c2nn(C)c3ccc(F)cc3c2=O)CC1. The summed E-state index contributed by atoms with van der Waals surface area (Å²) in [5.74, 6) is -0.895. The van der Waals surface area contributed by atoms with Gasteiger partial charge < -0.3 is 9.80 Å². The van der Waals surface area contributed by atoms with Crippen LogP contribution in [0.25, 0.3) is 10.9 Å². The van der Waals surface area contributed by atoms with Crippen molar-refractivity contribution in [2.24, 2.45) is 7.05 Å². The van der Waals surface area contributed by atoms with E-state index in [0.29, 0.717) is 18.6 Å². The van der Waals surface area contributed by atoms with E-state index < -0.39 is 11.2 Å². The van der Waals surface area contributed by atoms with Gasteiger partial charge in [0.05, 0.1) is 10.9 Å². The maximum atomic E-state index is 13.4. The highest BCUT2D eigenvalue weighted by Gasteiger charge is 2.25. The van der Waals surface area contributed by atoms with Gasteiger partial charge in [-0.3, -0.25) is 14.3 Å². The fraction of sp³-hybridized carbons (Fsp3) is 0.400. The molecule has 1 aromatic heterocycles. The third kappa shape index (κ3) is 2.48. The first kappa shape index (κ1) is 14.6. The van der Waals surface area contributed by atoms with E-state index in [-0.39, 0.29) is 17.0 Å². The summed E-state index contributed by atoms with van der Waals surface area (Å²) >= 11 is 0. The van der Waals surface area contributed by atoms with Crippen LogP contribution in [0, 0.1) is 5.82 Å². The van der Waals surface area contributed by atoms with Gasteiger partial charge >= 0.3 is 0 Å². The van der Waals surface area contributed by atoms with Crippen LogP contribution in [-0.2, 0) is 7.05 Å². The van der Waals surface area contributed by atoms with Crippen molar-refractivity contribution < 1.29 is 9.18 Å². The van der Waals surface area contributed by atoms with Crippen LogP contribution in [0.1, 0.15) is 10.5 Å². The third-order valence-corrected chi connectivity index (χ3v) is 4.01. The molecule has 0 radical (unpaired) electrons. The second-order valence-electron chi connectivity index (χ2n) is 5.56. The lowest BCUT2D eigenvalue weighted by Crippen LogP contribution is -2.48. The summed E-state index contributed by atoms with van der Waals surface area (Å²) in [5.41, 5.74) is -0.164. The molecular formula is C15H17FN4O2. The van der Waals surface area contributed by atoms with Crippen LogP contribution in [-0.4, -0.2) is 58.7 Å². The molecule has 116 valence electrons. The van der Waals surface area contributed by atoms with E-state index in [1.54, 1.807) is 11.9 Å². The summed E-state index contributed by atoms with van der Waals surface area (Å²) in [6.45, 7) is 2.63. The molecule has 1 aromatic carbocycles. The number of halogens is 1. The summed E-state index contributed by atoms with van der Waals surface area (Å²) in [6, 6.07) is 3.91. The Morgan fingerprint density at radius 2 is 1.86 bits per heavy atom. The average Bonchev–Trinajstić information content (AvgIpc) is 2.51. The number of rotatable bonds is 1. The molecule has 2 heterocycles. The molecule has 0 N–H and O–H groups in total. The van der Waals surface area contributed by atoms with E-state index in [0.717, 1.165) is 19.2 Å². The summed E-state index contributed by atoms with van der Waals surface area (Å²) in [6.07, 6.45) is 0. The fourth-order valence-corrected chi connectivity index (χ4v) is 2.65. The second-order valence-corrected chi connectivity index (χ2v) is 5.56. The van der Waals surface area contributed by atoms with Gasteiger partial charge in [0.25, 0.3) is 5.91 Å². The van der Waals surface area contributed by atoms with Crippen molar-refractivity contribution in [3.8, 4) is 0 Å². The lowest BCUT2D eigenvalue weighted by atomic mass is 10.1. The zero-order valence-electron chi connectivity index (χ0n) is 12.5. The van der Waals surface area contributed by atoms with Crippen LogP contribution in [0.15, 0.2) is 23.0 Å². The largest absolute Gasteiger partial charge is 0.335 e. The molecule has 1 aliphatic rings. The molecule has 3 rings (SSSR count). The highest BCUT2D eigenvalue weighted by molar-refractivity contribution is 5.95. The fourth-order valence-electron chi connectivity index (χ4n) is 2.65. The summed E-state index contributed by atoms with van der Waals surface area (Å²) in [5, 5.41) is 4.28. The molecule has 7 heteroatoms. The maximum absolute atomic E-state index is 13.4. The van der Waals surface area contributed by atoms with E-state index in [1.165, 1.54) is 16.8 Å². The topological polar surface area (TPSA) is 58.4 Å². The Kier molecular flexibility index (Phi) is 3.66. The van der Waals surface area contributed by atoms with Crippen LogP contribution in [0.2, 0.25) is 0 Å².